The fraction of sp³-hybridized carbons (Fsp3) is 0.833. The van der Waals surface area contributed by atoms with Gasteiger partial charge in [0.15, 0.2) is 0 Å². The zero-order chi connectivity index (χ0) is 13.5. The number of carbonyl (C=O) groups excluding carboxylic acids is 1. The van der Waals surface area contributed by atoms with Crippen molar-refractivity contribution in [3.8, 4) is 0 Å². The van der Waals surface area contributed by atoms with Crippen LogP contribution < -0.4 is 10.7 Å². The first-order chi connectivity index (χ1) is 8.54. The first-order valence-electron chi connectivity index (χ1n) is 6.59. The van der Waals surface area contributed by atoms with Gasteiger partial charge in [0, 0.05) is 13.1 Å². The maximum atomic E-state index is 11.7. The fourth-order valence-electron chi connectivity index (χ4n) is 2.01. The van der Waals surface area contributed by atoms with Gasteiger partial charge in [0.2, 0.25) is 0 Å². The Balaban J connectivity index is 2.42. The molecule has 0 spiro atoms. The Bertz CT molecular complexity index is 290. The van der Waals surface area contributed by atoms with Crippen molar-refractivity contribution < 1.29 is 14.7 Å². The molecule has 1 aliphatic heterocycles. The molecular formula is C12H23N3O3. The van der Waals surface area contributed by atoms with Gasteiger partial charge in [-0.2, -0.15) is 0 Å². The molecule has 0 aliphatic carbocycles. The number of rotatable bonds is 5. The maximum absolute atomic E-state index is 11.7. The third kappa shape index (κ3) is 4.52. The summed E-state index contributed by atoms with van der Waals surface area (Å²) in [5.74, 6) is -1.08. The third-order valence-electron chi connectivity index (χ3n) is 3.38. The second kappa shape index (κ2) is 7.20. The molecule has 104 valence electrons. The highest BCUT2D eigenvalue weighted by atomic mass is 16.4. The van der Waals surface area contributed by atoms with Crippen LogP contribution in [0.25, 0.3) is 0 Å². The van der Waals surface area contributed by atoms with Crippen LogP contribution in [0.3, 0.4) is 0 Å². The molecule has 0 unspecified atom stereocenters. The summed E-state index contributed by atoms with van der Waals surface area (Å²) in [5.41, 5.74) is 2.70. The average molecular weight is 257 g/mol. The lowest BCUT2D eigenvalue weighted by Crippen LogP contribution is -2.54. The van der Waals surface area contributed by atoms with Gasteiger partial charge in [0.25, 0.3) is 0 Å². The van der Waals surface area contributed by atoms with Gasteiger partial charge in [-0.05, 0) is 18.8 Å². The van der Waals surface area contributed by atoms with Crippen LogP contribution in [0.15, 0.2) is 0 Å². The van der Waals surface area contributed by atoms with E-state index in [2.05, 4.69) is 10.7 Å². The van der Waals surface area contributed by atoms with Crippen LogP contribution in [0.2, 0.25) is 0 Å². The largest absolute Gasteiger partial charge is 0.480 e. The number of hydrazine groups is 1. The number of carboxylic acid groups (broad SMARTS) is 1. The molecule has 0 radical (unpaired) electrons. The second-order valence-electron chi connectivity index (χ2n) is 4.83. The average Bonchev–Trinajstić information content (AvgIpc) is 2.36. The predicted octanol–water partition coefficient (Wildman–Crippen LogP) is 1.19. The van der Waals surface area contributed by atoms with Crippen molar-refractivity contribution in [2.45, 2.75) is 45.6 Å². The van der Waals surface area contributed by atoms with Crippen LogP contribution in [0, 0.1) is 5.92 Å². The summed E-state index contributed by atoms with van der Waals surface area (Å²) in [6.07, 6.45) is 4.02. The predicted molar refractivity (Wildman–Crippen MR) is 68.0 cm³/mol. The number of piperidine rings is 1. The molecule has 0 aromatic heterocycles. The number of hydrogen-bond donors (Lipinski definition) is 3. The molecule has 0 saturated carbocycles. The second-order valence-corrected chi connectivity index (χ2v) is 4.83. The van der Waals surface area contributed by atoms with Gasteiger partial charge in [-0.25, -0.2) is 14.6 Å². The van der Waals surface area contributed by atoms with Crippen LogP contribution >= 0.6 is 0 Å². The summed E-state index contributed by atoms with van der Waals surface area (Å²) in [6.45, 7) is 5.38. The molecule has 0 aromatic rings. The van der Waals surface area contributed by atoms with Crippen LogP contribution in [0.4, 0.5) is 4.79 Å². The molecule has 3 N–H and O–H groups in total. The van der Waals surface area contributed by atoms with E-state index in [0.29, 0.717) is 6.42 Å². The van der Waals surface area contributed by atoms with E-state index in [4.69, 9.17) is 5.11 Å². The Hall–Kier alpha value is -1.30. The lowest BCUT2D eigenvalue weighted by Gasteiger charge is -2.28. The highest BCUT2D eigenvalue weighted by molar-refractivity contribution is 5.82. The Morgan fingerprint density at radius 1 is 1.28 bits per heavy atom. The zero-order valence-electron chi connectivity index (χ0n) is 11.1. The van der Waals surface area contributed by atoms with Crippen molar-refractivity contribution in [1.29, 1.82) is 0 Å². The Morgan fingerprint density at radius 2 is 1.89 bits per heavy atom. The first kappa shape index (κ1) is 14.8. The molecule has 0 aromatic carbocycles. The minimum atomic E-state index is -0.988. The van der Waals surface area contributed by atoms with E-state index in [1.54, 1.807) is 0 Å². The molecule has 1 aliphatic rings. The van der Waals surface area contributed by atoms with Gasteiger partial charge < -0.3 is 10.4 Å². The number of hydrogen-bond acceptors (Lipinski definition) is 3. The molecule has 6 nitrogen and oxygen atoms in total. The van der Waals surface area contributed by atoms with Crippen LogP contribution in [-0.4, -0.2) is 41.2 Å². The van der Waals surface area contributed by atoms with Crippen LogP contribution in [-0.2, 0) is 4.79 Å². The molecule has 1 heterocycles. The zero-order valence-corrected chi connectivity index (χ0v) is 11.1. The highest BCUT2D eigenvalue weighted by Crippen LogP contribution is 2.08. The van der Waals surface area contributed by atoms with Crippen molar-refractivity contribution in [1.82, 2.24) is 15.8 Å². The molecule has 1 saturated heterocycles. The van der Waals surface area contributed by atoms with Crippen molar-refractivity contribution in [3.63, 3.8) is 0 Å². The van der Waals surface area contributed by atoms with Crippen LogP contribution in [0.1, 0.15) is 39.5 Å². The Labute approximate surface area is 108 Å². The Morgan fingerprint density at radius 3 is 2.39 bits per heavy atom. The minimum absolute atomic E-state index is 0.0883. The number of urea groups is 1. The van der Waals surface area contributed by atoms with Crippen molar-refractivity contribution in [3.05, 3.63) is 0 Å². The summed E-state index contributed by atoms with van der Waals surface area (Å²) in [6, 6.07) is -1.26. The number of nitrogens with zero attached hydrogens (tertiary/aromatic N) is 1. The van der Waals surface area contributed by atoms with Gasteiger partial charge >= 0.3 is 12.0 Å². The first-order valence-corrected chi connectivity index (χ1v) is 6.59. The van der Waals surface area contributed by atoms with Gasteiger partial charge in [0.05, 0.1) is 0 Å². The molecule has 2 atom stereocenters. The standard InChI is InChI=1S/C12H23N3O3/c1-3-9(2)10(11(16)17)13-12(18)14-15-7-5-4-6-8-15/h9-10H,3-8H2,1-2H3,(H,16,17)(H2,13,14,18)/t9-,10-/m0/s1. The lowest BCUT2D eigenvalue weighted by atomic mass is 10.00. The topological polar surface area (TPSA) is 81.7 Å². The minimum Gasteiger partial charge on any atom is -0.480 e. The van der Waals surface area contributed by atoms with E-state index in [1.165, 1.54) is 6.42 Å². The fourth-order valence-corrected chi connectivity index (χ4v) is 2.01. The van der Waals surface area contributed by atoms with Gasteiger partial charge in [-0.1, -0.05) is 26.7 Å². The van der Waals surface area contributed by atoms with Gasteiger partial charge in [-0.15, -0.1) is 0 Å². The quantitative estimate of drug-likeness (QED) is 0.691. The SMILES string of the molecule is CC[C@H](C)[C@H](NC(=O)NN1CCCCC1)C(=O)O. The van der Waals surface area contributed by atoms with E-state index < -0.39 is 18.0 Å². The summed E-state index contributed by atoms with van der Waals surface area (Å²) < 4.78 is 0. The number of amides is 2. The maximum Gasteiger partial charge on any atom is 0.330 e. The molecule has 6 heteroatoms. The van der Waals surface area contributed by atoms with Gasteiger partial charge in [-0.3, -0.25) is 5.43 Å². The number of nitrogens with one attached hydrogen (secondary N) is 2. The van der Waals surface area contributed by atoms with E-state index in [0.717, 1.165) is 25.9 Å². The van der Waals surface area contributed by atoms with Crippen molar-refractivity contribution in [2.75, 3.05) is 13.1 Å². The molecule has 1 fully saturated rings. The smallest absolute Gasteiger partial charge is 0.330 e. The van der Waals surface area contributed by atoms with Crippen LogP contribution in [0.5, 0.6) is 0 Å². The number of carbonyl (C=O) groups is 2. The molecule has 0 bridgehead atoms. The normalized spacial score (nSPS) is 19.9. The highest BCUT2D eigenvalue weighted by Gasteiger charge is 2.25. The molecule has 18 heavy (non-hydrogen) atoms. The third-order valence-corrected chi connectivity index (χ3v) is 3.38. The van der Waals surface area contributed by atoms with E-state index in [-0.39, 0.29) is 5.92 Å². The molecular weight excluding hydrogens is 234 g/mol. The Kier molecular flexibility index (Phi) is 5.91. The van der Waals surface area contributed by atoms with E-state index in [1.807, 2.05) is 18.9 Å². The monoisotopic (exact) mass is 257 g/mol. The molecule has 1 rings (SSSR count). The van der Waals surface area contributed by atoms with Crippen molar-refractivity contribution in [2.24, 2.45) is 5.92 Å². The van der Waals surface area contributed by atoms with E-state index >= 15 is 0 Å². The van der Waals surface area contributed by atoms with E-state index in [9.17, 15) is 9.59 Å². The van der Waals surface area contributed by atoms with Gasteiger partial charge in [0.1, 0.15) is 6.04 Å². The summed E-state index contributed by atoms with van der Waals surface area (Å²) in [4.78, 5) is 22.8. The summed E-state index contributed by atoms with van der Waals surface area (Å²) >= 11 is 0. The van der Waals surface area contributed by atoms with Crippen molar-refractivity contribution >= 4 is 12.0 Å². The number of aliphatic carboxylic acids is 1. The number of carboxylic acids is 1. The summed E-state index contributed by atoms with van der Waals surface area (Å²) in [7, 11) is 0. The molecule has 2 amide bonds. The summed E-state index contributed by atoms with van der Waals surface area (Å²) in [5, 5.41) is 13.4. The lowest BCUT2D eigenvalue weighted by molar-refractivity contribution is -0.140.